The Morgan fingerprint density at radius 1 is 1.38 bits per heavy atom. The largest absolute Gasteiger partial charge is 0.444 e. The van der Waals surface area contributed by atoms with E-state index in [1.165, 1.54) is 0 Å². The number of hydrogen-bond donors (Lipinski definition) is 2. The monoisotopic (exact) mass is 340 g/mol. The van der Waals surface area contributed by atoms with Crippen molar-refractivity contribution in [1.29, 1.82) is 0 Å². The molecular formula is C15H24N4O5. The van der Waals surface area contributed by atoms with Crippen molar-refractivity contribution >= 4 is 12.0 Å². The molecule has 0 unspecified atom stereocenters. The molecule has 2 rings (SSSR count). The Morgan fingerprint density at radius 3 is 2.58 bits per heavy atom. The summed E-state index contributed by atoms with van der Waals surface area (Å²) in [6.07, 6.45) is 1.09. The fourth-order valence-electron chi connectivity index (χ4n) is 2.54. The number of nitrogens with zero attached hydrogens (tertiary/aromatic N) is 2. The third-order valence-corrected chi connectivity index (χ3v) is 3.66. The first kappa shape index (κ1) is 18.0. The smallest absolute Gasteiger partial charge is 0.434 e. The van der Waals surface area contributed by atoms with E-state index in [0.29, 0.717) is 31.8 Å². The lowest BCUT2D eigenvalue weighted by molar-refractivity contribution is -0.132. The van der Waals surface area contributed by atoms with Crippen molar-refractivity contribution in [1.82, 2.24) is 20.4 Å². The van der Waals surface area contributed by atoms with Gasteiger partial charge in [-0.15, -0.1) is 5.10 Å². The van der Waals surface area contributed by atoms with Gasteiger partial charge < -0.3 is 19.4 Å². The number of nitrogens with one attached hydrogen (secondary N) is 2. The van der Waals surface area contributed by atoms with E-state index in [-0.39, 0.29) is 24.8 Å². The van der Waals surface area contributed by atoms with Crippen LogP contribution in [-0.2, 0) is 9.53 Å². The first-order valence-electron chi connectivity index (χ1n) is 8.04. The van der Waals surface area contributed by atoms with E-state index in [1.54, 1.807) is 25.7 Å². The third kappa shape index (κ3) is 5.39. The molecule has 1 aliphatic heterocycles. The molecule has 0 spiro atoms. The molecule has 134 valence electrons. The fourth-order valence-corrected chi connectivity index (χ4v) is 2.54. The Hall–Kier alpha value is -2.32. The highest BCUT2D eigenvalue weighted by Gasteiger charge is 2.26. The van der Waals surface area contributed by atoms with Gasteiger partial charge in [-0.2, -0.15) is 0 Å². The summed E-state index contributed by atoms with van der Waals surface area (Å²) in [5.41, 5.74) is -0.558. The van der Waals surface area contributed by atoms with Crippen molar-refractivity contribution in [2.24, 2.45) is 0 Å². The van der Waals surface area contributed by atoms with Crippen LogP contribution in [0.2, 0.25) is 0 Å². The van der Waals surface area contributed by atoms with Gasteiger partial charge in [-0.25, -0.2) is 14.7 Å². The zero-order valence-corrected chi connectivity index (χ0v) is 14.3. The van der Waals surface area contributed by atoms with Crippen LogP contribution in [0.15, 0.2) is 9.21 Å². The quantitative estimate of drug-likeness (QED) is 0.844. The van der Waals surface area contributed by atoms with Crippen molar-refractivity contribution in [3.05, 3.63) is 16.4 Å². The number of likely N-dealkylation sites (tertiary alicyclic amines) is 1. The maximum absolute atomic E-state index is 12.2. The Kier molecular flexibility index (Phi) is 5.63. The highest BCUT2D eigenvalue weighted by molar-refractivity contribution is 5.77. The van der Waals surface area contributed by atoms with Crippen LogP contribution in [0.3, 0.4) is 0 Å². The van der Waals surface area contributed by atoms with Crippen LogP contribution >= 0.6 is 0 Å². The van der Waals surface area contributed by atoms with Gasteiger partial charge in [0.2, 0.25) is 11.8 Å². The standard InChI is InChI=1S/C15H24N4O5/c1-15(2,3)24-13(21)16-7-4-11(20)19-8-5-10(6-9-19)12-17-18-14(22)23-12/h10H,4-9H2,1-3H3,(H,16,21)(H,18,22). The summed E-state index contributed by atoms with van der Waals surface area (Å²) in [5, 5.41) is 8.66. The molecule has 1 saturated heterocycles. The number of aromatic amines is 1. The zero-order valence-electron chi connectivity index (χ0n) is 14.3. The summed E-state index contributed by atoms with van der Waals surface area (Å²) < 4.78 is 10.1. The Morgan fingerprint density at radius 2 is 2.04 bits per heavy atom. The number of carbonyl (C=O) groups is 2. The van der Waals surface area contributed by atoms with Crippen LogP contribution in [-0.4, -0.2) is 52.3 Å². The molecule has 2 N–H and O–H groups in total. The van der Waals surface area contributed by atoms with Crippen LogP contribution in [0.4, 0.5) is 4.79 Å². The van der Waals surface area contributed by atoms with Gasteiger partial charge in [-0.05, 0) is 33.6 Å². The van der Waals surface area contributed by atoms with Crippen molar-refractivity contribution in [2.75, 3.05) is 19.6 Å². The minimum absolute atomic E-state index is 0.0204. The van der Waals surface area contributed by atoms with Crippen molar-refractivity contribution in [3.63, 3.8) is 0 Å². The van der Waals surface area contributed by atoms with E-state index < -0.39 is 17.5 Å². The van der Waals surface area contributed by atoms with Gasteiger partial charge >= 0.3 is 11.8 Å². The molecule has 24 heavy (non-hydrogen) atoms. The van der Waals surface area contributed by atoms with E-state index in [2.05, 4.69) is 15.5 Å². The second-order valence-electron chi connectivity index (χ2n) is 6.79. The number of ether oxygens (including phenoxy) is 1. The maximum atomic E-state index is 12.2. The number of H-pyrrole nitrogens is 1. The summed E-state index contributed by atoms with van der Waals surface area (Å²) in [5.74, 6) is -0.128. The first-order chi connectivity index (χ1) is 11.2. The summed E-state index contributed by atoms with van der Waals surface area (Å²) in [6, 6.07) is 0. The maximum Gasteiger partial charge on any atom is 0.434 e. The van der Waals surface area contributed by atoms with Gasteiger partial charge in [0.25, 0.3) is 0 Å². The molecule has 9 heteroatoms. The molecule has 1 fully saturated rings. The number of piperidine rings is 1. The topological polar surface area (TPSA) is 118 Å². The van der Waals surface area contributed by atoms with Crippen LogP contribution in [0.5, 0.6) is 0 Å². The lowest BCUT2D eigenvalue weighted by atomic mass is 9.96. The van der Waals surface area contributed by atoms with Gasteiger partial charge in [0.1, 0.15) is 5.60 Å². The average Bonchev–Trinajstić information content (AvgIpc) is 2.92. The molecule has 2 amide bonds. The van der Waals surface area contributed by atoms with Gasteiger partial charge in [-0.1, -0.05) is 0 Å². The lowest BCUT2D eigenvalue weighted by Crippen LogP contribution is -2.40. The van der Waals surface area contributed by atoms with E-state index in [4.69, 9.17) is 9.15 Å². The average molecular weight is 340 g/mol. The Labute approximate surface area is 139 Å². The summed E-state index contributed by atoms with van der Waals surface area (Å²) in [7, 11) is 0. The molecule has 1 aromatic rings. The summed E-state index contributed by atoms with van der Waals surface area (Å²) >= 11 is 0. The predicted molar refractivity (Wildman–Crippen MR) is 84.5 cm³/mol. The Balaban J connectivity index is 1.69. The SMILES string of the molecule is CC(C)(C)OC(=O)NCCC(=O)N1CCC(c2n[nH]c(=O)o2)CC1. The molecule has 9 nitrogen and oxygen atoms in total. The minimum Gasteiger partial charge on any atom is -0.444 e. The minimum atomic E-state index is -0.559. The molecule has 2 heterocycles. The van der Waals surface area contributed by atoms with Gasteiger partial charge in [0.05, 0.1) is 0 Å². The van der Waals surface area contributed by atoms with E-state index >= 15 is 0 Å². The number of rotatable bonds is 4. The Bertz CT molecular complexity index is 622. The van der Waals surface area contributed by atoms with E-state index in [1.807, 2.05) is 0 Å². The van der Waals surface area contributed by atoms with Crippen molar-refractivity contribution in [2.45, 2.75) is 51.6 Å². The fraction of sp³-hybridized carbons (Fsp3) is 0.733. The first-order valence-corrected chi connectivity index (χ1v) is 8.04. The van der Waals surface area contributed by atoms with E-state index in [9.17, 15) is 14.4 Å². The second-order valence-corrected chi connectivity index (χ2v) is 6.79. The summed E-state index contributed by atoms with van der Waals surface area (Å²) in [4.78, 5) is 36.4. The van der Waals surface area contributed by atoms with Crippen LogP contribution in [0, 0.1) is 0 Å². The summed E-state index contributed by atoms with van der Waals surface area (Å²) in [6.45, 7) is 6.73. The van der Waals surface area contributed by atoms with Crippen LogP contribution in [0.25, 0.3) is 0 Å². The predicted octanol–water partition coefficient (Wildman–Crippen LogP) is 0.984. The second kappa shape index (κ2) is 7.50. The molecule has 0 radical (unpaired) electrons. The number of amides is 2. The van der Waals surface area contributed by atoms with Gasteiger partial charge in [0, 0.05) is 32.0 Å². The number of aromatic nitrogens is 2. The number of hydrogen-bond acceptors (Lipinski definition) is 6. The molecule has 1 aliphatic rings. The molecule has 0 atom stereocenters. The van der Waals surface area contributed by atoms with Crippen molar-refractivity contribution < 1.29 is 18.7 Å². The van der Waals surface area contributed by atoms with Crippen molar-refractivity contribution in [3.8, 4) is 0 Å². The van der Waals surface area contributed by atoms with E-state index in [0.717, 1.165) is 0 Å². The van der Waals surface area contributed by atoms with Gasteiger partial charge in [-0.3, -0.25) is 4.79 Å². The highest BCUT2D eigenvalue weighted by atomic mass is 16.6. The third-order valence-electron chi connectivity index (χ3n) is 3.66. The zero-order chi connectivity index (χ0) is 17.7. The van der Waals surface area contributed by atoms with Crippen LogP contribution < -0.4 is 11.1 Å². The number of alkyl carbamates (subject to hydrolysis) is 1. The molecular weight excluding hydrogens is 316 g/mol. The normalized spacial score (nSPS) is 16.0. The molecule has 0 saturated carbocycles. The molecule has 0 aromatic carbocycles. The molecule has 1 aromatic heterocycles. The molecule has 0 aliphatic carbocycles. The lowest BCUT2D eigenvalue weighted by Gasteiger charge is -2.30. The number of carbonyl (C=O) groups excluding carboxylic acids is 2. The van der Waals surface area contributed by atoms with Gasteiger partial charge in [0.15, 0.2) is 0 Å². The highest BCUT2D eigenvalue weighted by Crippen LogP contribution is 2.25. The molecule has 0 bridgehead atoms. The van der Waals surface area contributed by atoms with Crippen LogP contribution in [0.1, 0.15) is 51.8 Å².